The molecule has 32 heavy (non-hydrogen) atoms. The number of carbonyl (C=O) groups excluding carboxylic acids is 1. The van der Waals surface area contributed by atoms with Gasteiger partial charge in [-0.3, -0.25) is 9.79 Å². The molecule has 172 valence electrons. The van der Waals surface area contributed by atoms with Crippen LogP contribution in [0.2, 0.25) is 0 Å². The van der Waals surface area contributed by atoms with Crippen LogP contribution in [0.3, 0.4) is 0 Å². The van der Waals surface area contributed by atoms with E-state index < -0.39 is 11.8 Å². The standard InChI is InChI=1S/C24H28F3N3O2/c1-3-30(21-12-7-16(8-13-21)18-6-11-20(14-28)29-15-18)22(31)17-4-9-19(10-5-17)23(2,32)24(25,26)27/h4-6,9-11,16,18,21,32H,3,7-8,12-13,15H2,1-2H3/t16?,18?,21?,23-/m0/s1. The molecule has 0 aromatic heterocycles. The number of carbonyl (C=O) groups is 1. The second-order valence-electron chi connectivity index (χ2n) is 8.67. The van der Waals surface area contributed by atoms with Crippen LogP contribution in [0, 0.1) is 23.2 Å². The summed E-state index contributed by atoms with van der Waals surface area (Å²) in [5.74, 6) is 0.562. The van der Waals surface area contributed by atoms with Crippen LogP contribution in [-0.4, -0.2) is 46.9 Å². The molecule has 8 heteroatoms. The lowest BCUT2D eigenvalue weighted by atomic mass is 9.77. The average molecular weight is 448 g/mol. The van der Waals surface area contributed by atoms with Crippen molar-refractivity contribution in [2.75, 3.05) is 13.1 Å². The van der Waals surface area contributed by atoms with E-state index in [9.17, 15) is 23.1 Å². The normalized spacial score (nSPS) is 25.4. The highest BCUT2D eigenvalue weighted by Gasteiger charge is 2.51. The smallest absolute Gasteiger partial charge is 0.376 e. The van der Waals surface area contributed by atoms with Crippen molar-refractivity contribution >= 4 is 11.6 Å². The molecule has 2 aliphatic rings. The lowest BCUT2D eigenvalue weighted by molar-refractivity contribution is -0.258. The molecule has 1 aromatic carbocycles. The number of nitriles is 1. The quantitative estimate of drug-likeness (QED) is 0.715. The molecule has 5 nitrogen and oxygen atoms in total. The Balaban J connectivity index is 1.63. The van der Waals surface area contributed by atoms with E-state index in [1.807, 2.05) is 6.92 Å². The van der Waals surface area contributed by atoms with Gasteiger partial charge in [-0.2, -0.15) is 18.4 Å². The number of hydrogen-bond donors (Lipinski definition) is 1. The Labute approximate surface area is 186 Å². The van der Waals surface area contributed by atoms with Crippen molar-refractivity contribution in [1.82, 2.24) is 4.90 Å². The van der Waals surface area contributed by atoms with Crippen molar-refractivity contribution < 1.29 is 23.1 Å². The Hall–Kier alpha value is -2.66. The number of aliphatic hydroxyl groups is 1. The van der Waals surface area contributed by atoms with Crippen LogP contribution in [0.1, 0.15) is 55.5 Å². The van der Waals surface area contributed by atoms with Gasteiger partial charge < -0.3 is 10.0 Å². The zero-order chi connectivity index (χ0) is 23.5. The van der Waals surface area contributed by atoms with Gasteiger partial charge in [0.15, 0.2) is 5.60 Å². The predicted octanol–water partition coefficient (Wildman–Crippen LogP) is 4.63. The van der Waals surface area contributed by atoms with E-state index in [4.69, 9.17) is 5.26 Å². The number of alkyl halides is 3. The number of aliphatic imine (C=N–C) groups is 1. The van der Waals surface area contributed by atoms with Crippen molar-refractivity contribution in [2.24, 2.45) is 16.8 Å². The van der Waals surface area contributed by atoms with Crippen molar-refractivity contribution in [3.05, 3.63) is 47.5 Å². The van der Waals surface area contributed by atoms with Crippen molar-refractivity contribution in [3.8, 4) is 6.07 Å². The highest BCUT2D eigenvalue weighted by Crippen LogP contribution is 2.39. The summed E-state index contributed by atoms with van der Waals surface area (Å²) in [4.78, 5) is 19.2. The maximum atomic E-state index is 13.1. The summed E-state index contributed by atoms with van der Waals surface area (Å²) in [6.07, 6.45) is 2.65. The third-order valence-corrected chi connectivity index (χ3v) is 6.72. The highest BCUT2D eigenvalue weighted by atomic mass is 19.4. The van der Waals surface area contributed by atoms with Gasteiger partial charge in [0.05, 0.1) is 0 Å². The third-order valence-electron chi connectivity index (χ3n) is 6.72. The summed E-state index contributed by atoms with van der Waals surface area (Å²) in [5, 5.41) is 18.7. The highest BCUT2D eigenvalue weighted by molar-refractivity contribution is 6.07. The summed E-state index contributed by atoms with van der Waals surface area (Å²) in [6, 6.07) is 7.16. The molecule has 2 atom stereocenters. The largest absolute Gasteiger partial charge is 0.421 e. The molecule has 1 aliphatic carbocycles. The second kappa shape index (κ2) is 9.45. The zero-order valence-electron chi connectivity index (χ0n) is 18.3. The van der Waals surface area contributed by atoms with E-state index in [2.05, 4.69) is 17.1 Å². The van der Waals surface area contributed by atoms with Gasteiger partial charge in [0.25, 0.3) is 5.91 Å². The van der Waals surface area contributed by atoms with Gasteiger partial charge in [0.2, 0.25) is 0 Å². The second-order valence-corrected chi connectivity index (χ2v) is 8.67. The molecule has 0 radical (unpaired) electrons. The Morgan fingerprint density at radius 2 is 1.84 bits per heavy atom. The molecule has 0 spiro atoms. The molecule has 1 saturated carbocycles. The molecular formula is C24H28F3N3O2. The number of halogens is 3. The number of nitrogens with zero attached hydrogens (tertiary/aromatic N) is 3. The Bertz CT molecular complexity index is 921. The Morgan fingerprint density at radius 3 is 2.31 bits per heavy atom. The molecule has 0 bridgehead atoms. The minimum Gasteiger partial charge on any atom is -0.376 e. The molecule has 1 unspecified atom stereocenters. The first-order valence-corrected chi connectivity index (χ1v) is 10.9. The predicted molar refractivity (Wildman–Crippen MR) is 115 cm³/mol. The number of allylic oxidation sites excluding steroid dienone is 1. The number of benzene rings is 1. The Kier molecular flexibility index (Phi) is 7.09. The molecule has 1 heterocycles. The monoisotopic (exact) mass is 447 g/mol. The van der Waals surface area contributed by atoms with Crippen molar-refractivity contribution in [3.63, 3.8) is 0 Å². The summed E-state index contributed by atoms with van der Waals surface area (Å²) in [7, 11) is 0. The SMILES string of the molecule is CCN(C(=O)c1ccc([C@](C)(O)C(F)(F)F)cc1)C1CCC(C2C=CC(C#N)=NC2)CC1. The van der Waals surface area contributed by atoms with Crippen LogP contribution >= 0.6 is 0 Å². The van der Waals surface area contributed by atoms with E-state index in [0.29, 0.717) is 43.1 Å². The maximum absolute atomic E-state index is 13.1. The minimum atomic E-state index is -4.80. The van der Waals surface area contributed by atoms with Crippen LogP contribution in [-0.2, 0) is 5.60 Å². The first kappa shape index (κ1) is 24.0. The summed E-state index contributed by atoms with van der Waals surface area (Å²) in [6.45, 7) is 3.73. The third kappa shape index (κ3) is 4.88. The number of dihydropyridines is 1. The number of amides is 1. The fourth-order valence-electron chi connectivity index (χ4n) is 4.59. The van der Waals surface area contributed by atoms with Gasteiger partial charge in [0.1, 0.15) is 11.8 Å². The topological polar surface area (TPSA) is 76.7 Å². The molecule has 3 rings (SSSR count). The van der Waals surface area contributed by atoms with Crippen LogP contribution < -0.4 is 0 Å². The van der Waals surface area contributed by atoms with Gasteiger partial charge >= 0.3 is 6.18 Å². The lowest BCUT2D eigenvalue weighted by Crippen LogP contribution is -2.43. The van der Waals surface area contributed by atoms with Crippen molar-refractivity contribution in [2.45, 2.75) is 57.3 Å². The molecule has 1 N–H and O–H groups in total. The van der Waals surface area contributed by atoms with Gasteiger partial charge in [-0.25, -0.2) is 0 Å². The molecule has 1 amide bonds. The van der Waals surface area contributed by atoms with E-state index in [1.165, 1.54) is 12.1 Å². The fraction of sp³-hybridized carbons (Fsp3) is 0.542. The maximum Gasteiger partial charge on any atom is 0.421 e. The van der Waals surface area contributed by atoms with Crippen LogP contribution in [0.25, 0.3) is 0 Å². The van der Waals surface area contributed by atoms with E-state index in [0.717, 1.165) is 37.8 Å². The van der Waals surface area contributed by atoms with Gasteiger partial charge in [-0.15, -0.1) is 0 Å². The summed E-state index contributed by atoms with van der Waals surface area (Å²) < 4.78 is 39.2. The zero-order valence-corrected chi connectivity index (χ0v) is 18.3. The number of hydrogen-bond acceptors (Lipinski definition) is 4. The van der Waals surface area contributed by atoms with Gasteiger partial charge in [-0.05, 0) is 75.1 Å². The lowest BCUT2D eigenvalue weighted by Gasteiger charge is -2.38. The fourth-order valence-corrected chi connectivity index (χ4v) is 4.59. The number of rotatable bonds is 5. The van der Waals surface area contributed by atoms with E-state index in [1.54, 1.807) is 11.0 Å². The molecular weight excluding hydrogens is 419 g/mol. The first-order chi connectivity index (χ1) is 15.1. The molecule has 0 saturated heterocycles. The summed E-state index contributed by atoms with van der Waals surface area (Å²) >= 11 is 0. The van der Waals surface area contributed by atoms with E-state index in [-0.39, 0.29) is 17.5 Å². The van der Waals surface area contributed by atoms with Gasteiger partial charge in [-0.1, -0.05) is 18.2 Å². The minimum absolute atomic E-state index is 0.0763. The average Bonchev–Trinajstić information content (AvgIpc) is 2.79. The Morgan fingerprint density at radius 1 is 1.22 bits per heavy atom. The molecule has 1 aromatic rings. The van der Waals surface area contributed by atoms with Crippen LogP contribution in [0.5, 0.6) is 0 Å². The van der Waals surface area contributed by atoms with Gasteiger partial charge in [0, 0.05) is 24.7 Å². The van der Waals surface area contributed by atoms with Crippen LogP contribution in [0.15, 0.2) is 41.4 Å². The summed E-state index contributed by atoms with van der Waals surface area (Å²) in [5.41, 5.74) is -2.50. The van der Waals surface area contributed by atoms with Crippen molar-refractivity contribution in [1.29, 1.82) is 5.26 Å². The first-order valence-electron chi connectivity index (χ1n) is 10.9. The van der Waals surface area contributed by atoms with E-state index >= 15 is 0 Å². The molecule has 1 aliphatic heterocycles. The molecule has 1 fully saturated rings. The van der Waals surface area contributed by atoms with Crippen LogP contribution in [0.4, 0.5) is 13.2 Å².